The number of ether oxygens (including phenoxy) is 2. The number of hydrogen-bond donors (Lipinski definition) is 2. The molecular formula is C35H53N5O9S. The molecule has 2 N–H and O–H groups in total. The highest BCUT2D eigenvalue weighted by atomic mass is 32.1. The van der Waals surface area contributed by atoms with Crippen LogP contribution in [0, 0.1) is 22.0 Å². The smallest absolute Gasteiger partial charge is 0.357 e. The Bertz CT molecular complexity index is 1390. The van der Waals surface area contributed by atoms with Crippen LogP contribution in [-0.2, 0) is 30.5 Å². The summed E-state index contributed by atoms with van der Waals surface area (Å²) in [4.78, 5) is 63.2. The lowest BCUT2D eigenvalue weighted by Crippen LogP contribution is -2.58. The zero-order chi connectivity index (χ0) is 36.8. The number of amides is 2. The zero-order valence-electron chi connectivity index (χ0n) is 30.0. The molecule has 50 heavy (non-hydrogen) atoms. The summed E-state index contributed by atoms with van der Waals surface area (Å²) in [7, 11) is 1.92. The van der Waals surface area contributed by atoms with E-state index in [-0.39, 0.29) is 61.4 Å². The number of nitrogens with zero attached hydrogens (tertiary/aromatic N) is 4. The first-order chi connectivity index (χ1) is 23.9. The number of aliphatic hydroxyl groups excluding tert-OH is 1. The predicted octanol–water partition coefficient (Wildman–Crippen LogP) is 5.06. The topological polar surface area (TPSA) is 174 Å². The minimum Gasteiger partial charge on any atom is -0.461 e. The standard InChI is InChI=1S/C35H53N5O9S/c1-7-24(5)31(37-32(42)28-12-9-10-17-38(28)6)34(43)39(49-19-11-18-47-21-25-13-15-26(16-14-25)40(45)46)29(23(3)4)20-30(41)33-36-27(22-50-33)35(44)48-8-2/h13-16,22-24,28-31,41H,7-12,17-21H2,1-6H3,(H,37,42)/t24-,28+,29+,30+,31-/m0/s1. The second-order valence-electron chi connectivity index (χ2n) is 13.0. The van der Waals surface area contributed by atoms with E-state index in [1.165, 1.54) is 22.6 Å². The number of nitro benzene ring substituents is 1. The predicted molar refractivity (Wildman–Crippen MR) is 188 cm³/mol. The first-order valence-corrected chi connectivity index (χ1v) is 18.3. The van der Waals surface area contributed by atoms with Crippen molar-refractivity contribution in [2.24, 2.45) is 11.8 Å². The van der Waals surface area contributed by atoms with Crippen molar-refractivity contribution in [3.63, 3.8) is 0 Å². The van der Waals surface area contributed by atoms with Crippen LogP contribution in [0.2, 0.25) is 0 Å². The number of hydrogen-bond acceptors (Lipinski definition) is 12. The average molecular weight is 720 g/mol. The molecule has 1 aliphatic rings. The number of nitrogens with one attached hydrogen (secondary N) is 1. The van der Waals surface area contributed by atoms with Gasteiger partial charge in [-0.15, -0.1) is 11.3 Å². The first kappa shape index (κ1) is 40.9. The molecule has 15 heteroatoms. The molecule has 0 saturated carbocycles. The highest BCUT2D eigenvalue weighted by Crippen LogP contribution is 2.29. The number of carbonyl (C=O) groups is 3. The molecule has 5 atom stereocenters. The third-order valence-corrected chi connectivity index (χ3v) is 9.92. The molecule has 0 bridgehead atoms. The SMILES string of the molecule is CCOC(=O)c1csc([C@H](O)C[C@H](C(C)C)N(OCCCOCc2ccc([N+](=O)[O-])cc2)C(=O)[C@@H](NC(=O)[C@H]2CCCCN2C)[C@@H](C)CC)n1. The summed E-state index contributed by atoms with van der Waals surface area (Å²) in [6.45, 7) is 11.1. The zero-order valence-corrected chi connectivity index (χ0v) is 30.9. The summed E-state index contributed by atoms with van der Waals surface area (Å²) in [6, 6.07) is 4.32. The Morgan fingerprint density at radius 3 is 2.50 bits per heavy atom. The van der Waals surface area contributed by atoms with E-state index in [1.807, 2.05) is 39.6 Å². The quantitative estimate of drug-likeness (QED) is 0.0811. The Morgan fingerprint density at radius 2 is 1.88 bits per heavy atom. The van der Waals surface area contributed by atoms with Gasteiger partial charge in [0, 0.05) is 30.5 Å². The van der Waals surface area contributed by atoms with Crippen molar-refractivity contribution in [2.45, 2.75) is 104 Å². The largest absolute Gasteiger partial charge is 0.461 e. The van der Waals surface area contributed by atoms with Crippen molar-refractivity contribution in [2.75, 3.05) is 33.4 Å². The van der Waals surface area contributed by atoms with E-state index in [0.29, 0.717) is 30.9 Å². The van der Waals surface area contributed by atoms with Crippen LogP contribution in [0.5, 0.6) is 0 Å². The number of carbonyl (C=O) groups excluding carboxylic acids is 3. The molecule has 0 spiro atoms. The van der Waals surface area contributed by atoms with E-state index in [1.54, 1.807) is 19.1 Å². The van der Waals surface area contributed by atoms with E-state index >= 15 is 0 Å². The van der Waals surface area contributed by atoms with Crippen LogP contribution < -0.4 is 5.32 Å². The van der Waals surface area contributed by atoms with Gasteiger partial charge in [0.1, 0.15) is 17.2 Å². The van der Waals surface area contributed by atoms with Crippen molar-refractivity contribution in [3.05, 3.63) is 56.0 Å². The van der Waals surface area contributed by atoms with Gasteiger partial charge in [0.2, 0.25) is 5.91 Å². The van der Waals surface area contributed by atoms with Gasteiger partial charge < -0.3 is 19.9 Å². The molecule has 0 unspecified atom stereocenters. The van der Waals surface area contributed by atoms with E-state index in [9.17, 15) is 29.6 Å². The molecule has 0 aliphatic carbocycles. The van der Waals surface area contributed by atoms with Gasteiger partial charge in [0.25, 0.3) is 11.6 Å². The Morgan fingerprint density at radius 1 is 1.16 bits per heavy atom. The van der Waals surface area contributed by atoms with Crippen LogP contribution in [0.1, 0.15) is 100 Å². The van der Waals surface area contributed by atoms with E-state index in [0.717, 1.165) is 36.3 Å². The Labute approximate surface area is 298 Å². The summed E-state index contributed by atoms with van der Waals surface area (Å²) >= 11 is 1.13. The maximum atomic E-state index is 14.5. The molecule has 2 amide bonds. The average Bonchev–Trinajstić information content (AvgIpc) is 3.60. The normalized spacial score (nSPS) is 17.5. The van der Waals surface area contributed by atoms with Crippen molar-refractivity contribution < 1.29 is 38.7 Å². The third-order valence-electron chi connectivity index (χ3n) is 8.97. The highest BCUT2D eigenvalue weighted by Gasteiger charge is 2.39. The summed E-state index contributed by atoms with van der Waals surface area (Å²) in [5.74, 6) is -1.56. The molecular weight excluding hydrogens is 666 g/mol. The Balaban J connectivity index is 1.78. The number of benzene rings is 1. The van der Waals surface area contributed by atoms with Crippen LogP contribution in [0.3, 0.4) is 0 Å². The summed E-state index contributed by atoms with van der Waals surface area (Å²) in [6.07, 6.45) is 2.69. The number of piperidine rings is 1. The lowest BCUT2D eigenvalue weighted by molar-refractivity contribution is -0.384. The Hall–Kier alpha value is -3.50. The number of rotatable bonds is 20. The van der Waals surface area contributed by atoms with Crippen molar-refractivity contribution in [3.8, 4) is 0 Å². The Kier molecular flexibility index (Phi) is 16.7. The molecule has 3 rings (SSSR count). The second kappa shape index (κ2) is 20.4. The fourth-order valence-electron chi connectivity index (χ4n) is 5.73. The maximum absolute atomic E-state index is 14.5. The minimum absolute atomic E-state index is 0.00341. The molecule has 1 aromatic heterocycles. The lowest BCUT2D eigenvalue weighted by Gasteiger charge is -2.38. The second-order valence-corrected chi connectivity index (χ2v) is 13.9. The summed E-state index contributed by atoms with van der Waals surface area (Å²) in [5, 5.41) is 28.4. The van der Waals surface area contributed by atoms with Crippen LogP contribution in [-0.4, -0.2) is 94.3 Å². The molecule has 1 saturated heterocycles. The molecule has 14 nitrogen and oxygen atoms in total. The molecule has 278 valence electrons. The van der Waals surface area contributed by atoms with Crippen LogP contribution in [0.25, 0.3) is 0 Å². The fraction of sp³-hybridized carbons (Fsp3) is 0.657. The first-order valence-electron chi connectivity index (χ1n) is 17.5. The van der Waals surface area contributed by atoms with Gasteiger partial charge in [-0.2, -0.15) is 0 Å². The number of nitro groups is 1. The third kappa shape index (κ3) is 11.8. The van der Waals surface area contributed by atoms with E-state index < -0.39 is 35.0 Å². The molecule has 1 aromatic carbocycles. The molecule has 0 radical (unpaired) electrons. The molecule has 1 aliphatic heterocycles. The number of hydroxylamine groups is 2. The number of esters is 1. The number of aromatic nitrogens is 1. The highest BCUT2D eigenvalue weighted by molar-refractivity contribution is 7.09. The van der Waals surface area contributed by atoms with Gasteiger partial charge in [-0.1, -0.05) is 40.5 Å². The van der Waals surface area contributed by atoms with Crippen LogP contribution in [0.15, 0.2) is 29.6 Å². The summed E-state index contributed by atoms with van der Waals surface area (Å²) < 4.78 is 10.8. The number of non-ortho nitro benzene ring substituents is 1. The van der Waals surface area contributed by atoms with Crippen molar-refractivity contribution >= 4 is 34.8 Å². The minimum atomic E-state index is -1.10. The van der Waals surface area contributed by atoms with Gasteiger partial charge in [-0.05, 0) is 69.3 Å². The van der Waals surface area contributed by atoms with E-state index in [4.69, 9.17) is 14.3 Å². The van der Waals surface area contributed by atoms with Crippen LogP contribution in [0.4, 0.5) is 5.69 Å². The number of likely N-dealkylation sites (tertiary alicyclic amines) is 1. The van der Waals surface area contributed by atoms with Crippen molar-refractivity contribution in [1.82, 2.24) is 20.3 Å². The number of likely N-dealkylation sites (N-methyl/N-ethyl adjacent to an activating group) is 1. The maximum Gasteiger partial charge on any atom is 0.357 e. The van der Waals surface area contributed by atoms with Gasteiger partial charge in [0.15, 0.2) is 5.69 Å². The number of thiazole rings is 1. The molecule has 1 fully saturated rings. The van der Waals surface area contributed by atoms with Gasteiger partial charge >= 0.3 is 5.97 Å². The van der Waals surface area contributed by atoms with Gasteiger partial charge in [0.05, 0.1) is 36.8 Å². The molecule has 2 aromatic rings. The number of aliphatic hydroxyl groups is 1. The van der Waals surface area contributed by atoms with E-state index in [2.05, 4.69) is 10.3 Å². The molecule has 2 heterocycles. The van der Waals surface area contributed by atoms with Gasteiger partial charge in [-0.25, -0.2) is 14.8 Å². The monoisotopic (exact) mass is 719 g/mol. The van der Waals surface area contributed by atoms with Crippen molar-refractivity contribution in [1.29, 1.82) is 0 Å². The fourth-order valence-corrected chi connectivity index (χ4v) is 6.52. The van der Waals surface area contributed by atoms with Crippen LogP contribution >= 0.6 is 11.3 Å². The van der Waals surface area contributed by atoms with Gasteiger partial charge in [-0.3, -0.25) is 29.4 Å². The summed E-state index contributed by atoms with van der Waals surface area (Å²) in [5.41, 5.74) is 0.895. The lowest BCUT2D eigenvalue weighted by atomic mass is 9.93.